The minimum Gasteiger partial charge on any atom is -0.462 e. The zero-order valence-corrected chi connectivity index (χ0v) is 15.3. The maximum Gasteiger partial charge on any atom is 0.316 e. The van der Waals surface area contributed by atoms with Crippen molar-refractivity contribution in [1.29, 1.82) is 0 Å². The Morgan fingerprint density at radius 2 is 1.80 bits per heavy atom. The molecule has 1 unspecified atom stereocenters. The van der Waals surface area contributed by atoms with Gasteiger partial charge in [-0.15, -0.1) is 0 Å². The molecule has 0 saturated carbocycles. The van der Waals surface area contributed by atoms with Crippen LogP contribution in [0.5, 0.6) is 0 Å². The van der Waals surface area contributed by atoms with Crippen molar-refractivity contribution in [3.63, 3.8) is 0 Å². The Balaban J connectivity index is 0.000000569. The molecule has 1 N–H and O–H groups in total. The molecule has 1 aromatic carbocycles. The maximum atomic E-state index is 12.4. The number of carbonyl (C=O) groups excluding carboxylic acids is 1. The average Bonchev–Trinajstić information content (AvgIpc) is 3.35. The highest BCUT2D eigenvalue weighted by atomic mass is 16.6. The summed E-state index contributed by atoms with van der Waals surface area (Å²) in [6.07, 6.45) is 3.51. The molecule has 0 aliphatic carbocycles. The summed E-state index contributed by atoms with van der Waals surface area (Å²) in [6, 6.07) is 10.1. The summed E-state index contributed by atoms with van der Waals surface area (Å²) in [4.78, 5) is 14.8. The zero-order valence-electron chi connectivity index (χ0n) is 15.3. The summed E-state index contributed by atoms with van der Waals surface area (Å²) in [5.74, 6) is -0.915. The van der Waals surface area contributed by atoms with Gasteiger partial charge in [-0.3, -0.25) is 9.69 Å². The molecule has 3 fully saturated rings. The Bertz CT molecular complexity index is 560. The van der Waals surface area contributed by atoms with Crippen LogP contribution in [-0.4, -0.2) is 60.0 Å². The van der Waals surface area contributed by atoms with E-state index in [0.29, 0.717) is 24.3 Å². The molecule has 25 heavy (non-hydrogen) atoms. The topological polar surface area (TPSA) is 62.3 Å². The minimum atomic E-state index is -0.593. The van der Waals surface area contributed by atoms with Gasteiger partial charge in [0.05, 0.1) is 6.61 Å². The van der Waals surface area contributed by atoms with Crippen LogP contribution in [0.2, 0.25) is 0 Å². The van der Waals surface area contributed by atoms with Crippen LogP contribution in [0.4, 0.5) is 0 Å². The highest BCUT2D eigenvalue weighted by Crippen LogP contribution is 2.48. The lowest BCUT2D eigenvalue weighted by Gasteiger charge is -2.38. The van der Waals surface area contributed by atoms with Crippen molar-refractivity contribution in [2.24, 2.45) is 0 Å². The van der Waals surface area contributed by atoms with Crippen LogP contribution >= 0.6 is 0 Å². The summed E-state index contributed by atoms with van der Waals surface area (Å²) in [5, 5.41) is 9.56. The SMILES string of the molecule is CCC.CN1[C@@H]2CC(OC(=O)[C@H](CO)c3ccccc3)C[C@H]1[C@@H]1O[C@@H]12. The molecular formula is C20H29NO4. The minimum absolute atomic E-state index is 0.0622. The van der Waals surface area contributed by atoms with Gasteiger partial charge in [-0.05, 0) is 12.6 Å². The van der Waals surface area contributed by atoms with E-state index in [-0.39, 0.29) is 18.7 Å². The first-order valence-corrected chi connectivity index (χ1v) is 9.34. The standard InChI is InChI=1S/C17H21NO4.C3H8/c1-18-13-7-11(8-14(18)16-15(13)22-16)21-17(20)12(9-19)10-5-3-2-4-6-10;1-3-2/h2-6,11-16,19H,7-9H2,1H3;3H2,1-2H3/t11?,12-,13-,14+,15-,16+;/m1./s1. The van der Waals surface area contributed by atoms with Crippen molar-refractivity contribution >= 4 is 5.97 Å². The molecular weight excluding hydrogens is 318 g/mol. The van der Waals surface area contributed by atoms with Crippen LogP contribution < -0.4 is 0 Å². The number of ether oxygens (including phenoxy) is 2. The second kappa shape index (κ2) is 7.85. The van der Waals surface area contributed by atoms with E-state index in [2.05, 4.69) is 25.8 Å². The van der Waals surface area contributed by atoms with E-state index in [9.17, 15) is 9.90 Å². The van der Waals surface area contributed by atoms with Gasteiger partial charge in [-0.2, -0.15) is 0 Å². The fourth-order valence-corrected chi connectivity index (χ4v) is 4.04. The number of aliphatic hydroxyl groups excluding tert-OH is 1. The first kappa shape index (κ1) is 18.4. The van der Waals surface area contributed by atoms with Crippen molar-refractivity contribution in [2.75, 3.05) is 13.7 Å². The zero-order chi connectivity index (χ0) is 18.0. The molecule has 138 valence electrons. The van der Waals surface area contributed by atoms with E-state index in [1.807, 2.05) is 30.3 Å². The molecule has 3 saturated heterocycles. The molecule has 2 bridgehead atoms. The molecule has 1 aromatic rings. The Hall–Kier alpha value is -1.43. The average molecular weight is 347 g/mol. The van der Waals surface area contributed by atoms with Gasteiger partial charge in [0.1, 0.15) is 24.2 Å². The third-order valence-corrected chi connectivity index (χ3v) is 5.33. The molecule has 5 nitrogen and oxygen atoms in total. The number of likely N-dealkylation sites (N-methyl/N-ethyl adjacent to an activating group) is 1. The van der Waals surface area contributed by atoms with Gasteiger partial charge in [0.2, 0.25) is 0 Å². The molecule has 0 spiro atoms. The Kier molecular flexibility index (Phi) is 5.77. The Labute approximate surface area is 149 Å². The third-order valence-electron chi connectivity index (χ3n) is 5.33. The first-order chi connectivity index (χ1) is 12.1. The normalized spacial score (nSPS) is 33.7. The number of nitrogens with zero attached hydrogens (tertiary/aromatic N) is 1. The monoisotopic (exact) mass is 347 g/mol. The van der Waals surface area contributed by atoms with E-state index in [1.165, 1.54) is 6.42 Å². The number of hydrogen-bond acceptors (Lipinski definition) is 5. The molecule has 0 aromatic heterocycles. The number of fused-ring (bicyclic) bond motifs is 5. The summed E-state index contributed by atoms with van der Waals surface area (Å²) >= 11 is 0. The fraction of sp³-hybridized carbons (Fsp3) is 0.650. The number of aliphatic hydroxyl groups is 1. The van der Waals surface area contributed by atoms with Crippen LogP contribution in [0.3, 0.4) is 0 Å². The molecule has 0 radical (unpaired) electrons. The van der Waals surface area contributed by atoms with Gasteiger partial charge >= 0.3 is 5.97 Å². The van der Waals surface area contributed by atoms with Crippen molar-refractivity contribution in [2.45, 2.75) is 69.4 Å². The van der Waals surface area contributed by atoms with E-state index in [0.717, 1.165) is 18.4 Å². The predicted molar refractivity (Wildman–Crippen MR) is 95.3 cm³/mol. The van der Waals surface area contributed by atoms with Crippen LogP contribution in [0, 0.1) is 0 Å². The van der Waals surface area contributed by atoms with Gasteiger partial charge in [-0.1, -0.05) is 50.6 Å². The van der Waals surface area contributed by atoms with Crippen molar-refractivity contribution in [3.8, 4) is 0 Å². The second-order valence-electron chi connectivity index (χ2n) is 7.25. The number of hydrogen-bond donors (Lipinski definition) is 1. The lowest BCUT2D eigenvalue weighted by molar-refractivity contribution is -0.156. The van der Waals surface area contributed by atoms with Gasteiger partial charge in [0.25, 0.3) is 0 Å². The molecule has 3 aliphatic rings. The maximum absolute atomic E-state index is 12.4. The molecule has 3 heterocycles. The number of morpholine rings is 1. The van der Waals surface area contributed by atoms with E-state index >= 15 is 0 Å². The lowest BCUT2D eigenvalue weighted by Crippen LogP contribution is -2.48. The highest BCUT2D eigenvalue weighted by Gasteiger charge is 2.62. The van der Waals surface area contributed by atoms with Gasteiger partial charge in [0, 0.05) is 24.9 Å². The predicted octanol–water partition coefficient (Wildman–Crippen LogP) is 2.33. The molecule has 3 aliphatic heterocycles. The Morgan fingerprint density at radius 1 is 1.24 bits per heavy atom. The van der Waals surface area contributed by atoms with Crippen LogP contribution in [0.25, 0.3) is 0 Å². The molecule has 6 atom stereocenters. The molecule has 0 amide bonds. The lowest BCUT2D eigenvalue weighted by atomic mass is 9.97. The summed E-state index contributed by atoms with van der Waals surface area (Å²) in [7, 11) is 2.13. The van der Waals surface area contributed by atoms with Crippen molar-refractivity contribution < 1.29 is 19.4 Å². The quantitative estimate of drug-likeness (QED) is 0.669. The van der Waals surface area contributed by atoms with Crippen LogP contribution in [0.1, 0.15) is 44.6 Å². The first-order valence-electron chi connectivity index (χ1n) is 9.34. The van der Waals surface area contributed by atoms with Crippen LogP contribution in [-0.2, 0) is 14.3 Å². The van der Waals surface area contributed by atoms with Gasteiger partial charge < -0.3 is 14.6 Å². The van der Waals surface area contributed by atoms with Crippen molar-refractivity contribution in [1.82, 2.24) is 4.90 Å². The number of carbonyl (C=O) groups is 1. The third kappa shape index (κ3) is 3.73. The van der Waals surface area contributed by atoms with E-state index in [4.69, 9.17) is 9.47 Å². The number of benzene rings is 1. The van der Waals surface area contributed by atoms with Gasteiger partial charge in [-0.25, -0.2) is 0 Å². The number of esters is 1. The highest BCUT2D eigenvalue weighted by molar-refractivity contribution is 5.78. The number of piperidine rings is 1. The summed E-state index contributed by atoms with van der Waals surface area (Å²) < 4.78 is 11.4. The fourth-order valence-electron chi connectivity index (χ4n) is 4.04. The smallest absolute Gasteiger partial charge is 0.316 e. The van der Waals surface area contributed by atoms with E-state index in [1.54, 1.807) is 0 Å². The molecule has 4 rings (SSSR count). The largest absolute Gasteiger partial charge is 0.462 e. The van der Waals surface area contributed by atoms with Gasteiger partial charge in [0.15, 0.2) is 0 Å². The molecule has 5 heteroatoms. The van der Waals surface area contributed by atoms with Crippen molar-refractivity contribution in [3.05, 3.63) is 35.9 Å². The summed E-state index contributed by atoms with van der Waals surface area (Å²) in [5.41, 5.74) is 0.803. The van der Waals surface area contributed by atoms with E-state index < -0.39 is 5.92 Å². The number of epoxide rings is 1. The second-order valence-corrected chi connectivity index (χ2v) is 7.25. The summed E-state index contributed by atoms with van der Waals surface area (Å²) in [6.45, 7) is 4.02. The van der Waals surface area contributed by atoms with Crippen LogP contribution in [0.15, 0.2) is 30.3 Å². The Morgan fingerprint density at radius 3 is 2.32 bits per heavy atom. The number of rotatable bonds is 4.